The normalized spacial score (nSPS) is 20.7. The number of hydrogen-bond donors (Lipinski definition) is 0. The molecule has 1 aromatic rings. The molecule has 2 heterocycles. The highest BCUT2D eigenvalue weighted by Gasteiger charge is 2.30. The Balaban J connectivity index is 1.54. The van der Waals surface area contributed by atoms with Gasteiger partial charge in [-0.2, -0.15) is 0 Å². The maximum absolute atomic E-state index is 12.6. The van der Waals surface area contributed by atoms with Gasteiger partial charge in [-0.05, 0) is 31.9 Å². The van der Waals surface area contributed by atoms with Gasteiger partial charge in [0.1, 0.15) is 5.75 Å². The average molecular weight is 366 g/mol. The van der Waals surface area contributed by atoms with E-state index in [-0.39, 0.29) is 6.04 Å². The number of carbonyl (C=O) groups is 1. The van der Waals surface area contributed by atoms with Crippen LogP contribution in [0.15, 0.2) is 18.2 Å². The van der Waals surface area contributed by atoms with E-state index in [0.717, 1.165) is 75.0 Å². The van der Waals surface area contributed by atoms with Crippen LogP contribution in [-0.4, -0.2) is 73.0 Å². The number of ether oxygens (including phenoxy) is 1. The largest absolute Gasteiger partial charge is 0.496 e. The molecular formula is C19H28ClN3O2. The minimum absolute atomic E-state index is 0.0184. The third-order valence-corrected chi connectivity index (χ3v) is 5.76. The predicted octanol–water partition coefficient (Wildman–Crippen LogP) is 2.48. The lowest BCUT2D eigenvalue weighted by Gasteiger charge is -2.38. The summed E-state index contributed by atoms with van der Waals surface area (Å²) < 4.78 is 5.44. The van der Waals surface area contributed by atoms with Gasteiger partial charge in [-0.1, -0.05) is 17.7 Å². The summed E-state index contributed by atoms with van der Waals surface area (Å²) in [6.45, 7) is 8.38. The van der Waals surface area contributed by atoms with Crippen LogP contribution in [0.4, 0.5) is 0 Å². The predicted molar refractivity (Wildman–Crippen MR) is 100 cm³/mol. The molecule has 25 heavy (non-hydrogen) atoms. The van der Waals surface area contributed by atoms with Crippen molar-refractivity contribution in [2.24, 2.45) is 0 Å². The van der Waals surface area contributed by atoms with E-state index in [0.29, 0.717) is 5.91 Å². The van der Waals surface area contributed by atoms with E-state index in [1.165, 1.54) is 0 Å². The fraction of sp³-hybridized carbons (Fsp3) is 0.632. The minimum atomic E-state index is -0.0184. The van der Waals surface area contributed by atoms with Crippen molar-refractivity contribution >= 4 is 17.5 Å². The first-order valence-electron chi connectivity index (χ1n) is 9.16. The number of piperazine rings is 1. The van der Waals surface area contributed by atoms with Crippen molar-refractivity contribution < 1.29 is 9.53 Å². The molecule has 2 saturated heterocycles. The monoisotopic (exact) mass is 365 g/mol. The van der Waals surface area contributed by atoms with E-state index in [1.807, 2.05) is 30.0 Å². The van der Waals surface area contributed by atoms with Gasteiger partial charge in [-0.3, -0.25) is 14.6 Å². The standard InChI is InChI=1S/C19H28ClN3O2/c1-15(19(24)23-8-3-4-9-23)22-12-10-21(11-13-22)14-16-17(20)6-5-7-18(16)25-2/h5-7,15H,3-4,8-14H2,1-2H3. The molecule has 0 N–H and O–H groups in total. The van der Waals surface area contributed by atoms with Crippen LogP contribution in [0.1, 0.15) is 25.3 Å². The first-order valence-corrected chi connectivity index (χ1v) is 9.54. The average Bonchev–Trinajstić information content (AvgIpc) is 3.17. The van der Waals surface area contributed by atoms with Crippen molar-refractivity contribution in [3.05, 3.63) is 28.8 Å². The molecule has 0 bridgehead atoms. The highest BCUT2D eigenvalue weighted by Crippen LogP contribution is 2.28. The van der Waals surface area contributed by atoms with E-state index in [9.17, 15) is 4.79 Å². The van der Waals surface area contributed by atoms with E-state index in [1.54, 1.807) is 7.11 Å². The molecule has 2 fully saturated rings. The first-order chi connectivity index (χ1) is 12.1. The Kier molecular flexibility index (Phi) is 6.20. The number of likely N-dealkylation sites (tertiary alicyclic amines) is 1. The molecule has 1 atom stereocenters. The van der Waals surface area contributed by atoms with Crippen LogP contribution in [0.3, 0.4) is 0 Å². The van der Waals surface area contributed by atoms with Gasteiger partial charge in [-0.25, -0.2) is 0 Å². The molecule has 1 unspecified atom stereocenters. The van der Waals surface area contributed by atoms with E-state index in [4.69, 9.17) is 16.3 Å². The summed E-state index contributed by atoms with van der Waals surface area (Å²) in [6, 6.07) is 5.75. The number of halogens is 1. The Labute approximate surface area is 155 Å². The van der Waals surface area contributed by atoms with E-state index < -0.39 is 0 Å². The molecule has 6 heteroatoms. The Bertz CT molecular complexity index is 596. The van der Waals surface area contributed by atoms with Crippen molar-refractivity contribution in [3.63, 3.8) is 0 Å². The third-order valence-electron chi connectivity index (χ3n) is 5.41. The van der Waals surface area contributed by atoms with Crippen LogP contribution < -0.4 is 4.74 Å². The number of rotatable bonds is 5. The first kappa shape index (κ1) is 18.5. The topological polar surface area (TPSA) is 36.0 Å². The van der Waals surface area contributed by atoms with Crippen molar-refractivity contribution in [2.75, 3.05) is 46.4 Å². The molecular weight excluding hydrogens is 338 g/mol. The highest BCUT2D eigenvalue weighted by atomic mass is 35.5. The zero-order chi connectivity index (χ0) is 17.8. The second kappa shape index (κ2) is 8.39. The molecule has 0 saturated carbocycles. The van der Waals surface area contributed by atoms with Crippen LogP contribution >= 0.6 is 11.6 Å². The number of carbonyl (C=O) groups excluding carboxylic acids is 1. The van der Waals surface area contributed by atoms with Gasteiger partial charge in [0.05, 0.1) is 13.2 Å². The Morgan fingerprint density at radius 1 is 1.16 bits per heavy atom. The maximum Gasteiger partial charge on any atom is 0.239 e. The van der Waals surface area contributed by atoms with Gasteiger partial charge < -0.3 is 9.64 Å². The highest BCUT2D eigenvalue weighted by molar-refractivity contribution is 6.31. The van der Waals surface area contributed by atoms with Gasteiger partial charge >= 0.3 is 0 Å². The summed E-state index contributed by atoms with van der Waals surface area (Å²) in [7, 11) is 1.68. The Morgan fingerprint density at radius 2 is 1.84 bits per heavy atom. The van der Waals surface area contributed by atoms with Crippen molar-refractivity contribution in [1.82, 2.24) is 14.7 Å². The summed E-state index contributed by atoms with van der Waals surface area (Å²) >= 11 is 6.35. The Morgan fingerprint density at radius 3 is 2.48 bits per heavy atom. The lowest BCUT2D eigenvalue weighted by atomic mass is 10.1. The van der Waals surface area contributed by atoms with Crippen molar-refractivity contribution in [3.8, 4) is 5.75 Å². The van der Waals surface area contributed by atoms with Gasteiger partial charge in [-0.15, -0.1) is 0 Å². The van der Waals surface area contributed by atoms with Crippen LogP contribution in [-0.2, 0) is 11.3 Å². The lowest BCUT2D eigenvalue weighted by Crippen LogP contribution is -2.54. The molecule has 0 spiro atoms. The van der Waals surface area contributed by atoms with Gasteiger partial charge in [0.25, 0.3) is 0 Å². The molecule has 2 aliphatic rings. The fourth-order valence-corrected chi connectivity index (χ4v) is 4.00. The second-order valence-corrected chi connectivity index (χ2v) is 7.35. The van der Waals surface area contributed by atoms with Gasteiger partial charge in [0.2, 0.25) is 5.91 Å². The zero-order valence-electron chi connectivity index (χ0n) is 15.2. The molecule has 3 rings (SSSR count). The number of nitrogens with zero attached hydrogens (tertiary/aromatic N) is 3. The summed E-state index contributed by atoms with van der Waals surface area (Å²) in [5, 5.41) is 0.749. The molecule has 1 amide bonds. The molecule has 2 aliphatic heterocycles. The summed E-state index contributed by atoms with van der Waals surface area (Å²) in [6.07, 6.45) is 2.29. The number of amides is 1. The van der Waals surface area contributed by atoms with E-state index >= 15 is 0 Å². The quantitative estimate of drug-likeness (QED) is 0.803. The molecule has 0 aliphatic carbocycles. The van der Waals surface area contributed by atoms with Crippen molar-refractivity contribution in [1.29, 1.82) is 0 Å². The molecule has 0 aromatic heterocycles. The minimum Gasteiger partial charge on any atom is -0.496 e. The van der Waals surface area contributed by atoms with Crippen LogP contribution in [0, 0.1) is 0 Å². The summed E-state index contributed by atoms with van der Waals surface area (Å²) in [4.78, 5) is 19.3. The molecule has 138 valence electrons. The molecule has 1 aromatic carbocycles. The third kappa shape index (κ3) is 4.27. The smallest absolute Gasteiger partial charge is 0.239 e. The van der Waals surface area contributed by atoms with Crippen LogP contribution in [0.2, 0.25) is 5.02 Å². The Hall–Kier alpha value is -1.30. The van der Waals surface area contributed by atoms with Crippen LogP contribution in [0.25, 0.3) is 0 Å². The van der Waals surface area contributed by atoms with Gasteiger partial charge in [0.15, 0.2) is 0 Å². The zero-order valence-corrected chi connectivity index (χ0v) is 16.0. The molecule has 5 nitrogen and oxygen atoms in total. The van der Waals surface area contributed by atoms with Crippen LogP contribution in [0.5, 0.6) is 5.75 Å². The van der Waals surface area contributed by atoms with E-state index in [2.05, 4.69) is 9.80 Å². The molecule has 0 radical (unpaired) electrons. The number of benzene rings is 1. The maximum atomic E-state index is 12.6. The lowest BCUT2D eigenvalue weighted by molar-refractivity contribution is -0.136. The number of methoxy groups -OCH3 is 1. The summed E-state index contributed by atoms with van der Waals surface area (Å²) in [5.74, 6) is 1.13. The fourth-order valence-electron chi connectivity index (χ4n) is 3.77. The number of hydrogen-bond acceptors (Lipinski definition) is 4. The second-order valence-electron chi connectivity index (χ2n) is 6.94. The summed E-state index contributed by atoms with van der Waals surface area (Å²) in [5.41, 5.74) is 1.04. The van der Waals surface area contributed by atoms with Gasteiger partial charge in [0, 0.05) is 56.4 Å². The van der Waals surface area contributed by atoms with Crippen molar-refractivity contribution in [2.45, 2.75) is 32.4 Å². The SMILES string of the molecule is COc1cccc(Cl)c1CN1CCN(C(C)C(=O)N2CCCC2)CC1.